The summed E-state index contributed by atoms with van der Waals surface area (Å²) < 4.78 is 26.2. The quantitative estimate of drug-likeness (QED) is 0.380. The zero-order valence-electron chi connectivity index (χ0n) is 21.9. The predicted molar refractivity (Wildman–Crippen MR) is 141 cm³/mol. The normalized spacial score (nSPS) is 11.3. The molecule has 0 aliphatic carbocycles. The molecule has 3 aromatic rings. The number of benzene rings is 2. The van der Waals surface area contributed by atoms with Crippen molar-refractivity contribution in [3.63, 3.8) is 0 Å². The van der Waals surface area contributed by atoms with Crippen LogP contribution in [0.2, 0.25) is 0 Å². The second-order valence-electron chi connectivity index (χ2n) is 9.02. The van der Waals surface area contributed by atoms with Gasteiger partial charge in [-0.05, 0) is 50.6 Å². The summed E-state index contributed by atoms with van der Waals surface area (Å²) in [4.78, 5) is 19.7. The molecular formula is C28H37FN4O3. The monoisotopic (exact) mass is 496 g/mol. The van der Waals surface area contributed by atoms with E-state index in [1.165, 1.54) is 18.7 Å². The summed E-state index contributed by atoms with van der Waals surface area (Å²) in [5.74, 6) is 0.138. The van der Waals surface area contributed by atoms with Crippen molar-refractivity contribution in [3.05, 3.63) is 60.0 Å². The van der Waals surface area contributed by atoms with Crippen molar-refractivity contribution in [2.75, 3.05) is 40.5 Å². The maximum Gasteiger partial charge on any atom is 0.240 e. The Labute approximate surface area is 213 Å². The molecule has 0 saturated carbocycles. The Morgan fingerprint density at radius 1 is 1.11 bits per heavy atom. The smallest absolute Gasteiger partial charge is 0.240 e. The van der Waals surface area contributed by atoms with Gasteiger partial charge >= 0.3 is 0 Å². The van der Waals surface area contributed by atoms with Crippen molar-refractivity contribution in [1.82, 2.24) is 19.8 Å². The van der Waals surface area contributed by atoms with Crippen molar-refractivity contribution in [2.45, 2.75) is 39.8 Å². The number of amides is 1. The number of aromatic nitrogens is 2. The fourth-order valence-corrected chi connectivity index (χ4v) is 4.00. The Morgan fingerprint density at radius 3 is 2.47 bits per heavy atom. The summed E-state index contributed by atoms with van der Waals surface area (Å²) in [6, 6.07) is 13.0. The maximum atomic E-state index is 14.0. The minimum Gasteiger partial charge on any atom is -0.494 e. The minimum absolute atomic E-state index is 0.0283. The highest BCUT2D eigenvalue weighted by Crippen LogP contribution is 2.29. The number of hydrogen-bond acceptors (Lipinski definition) is 5. The lowest BCUT2D eigenvalue weighted by molar-refractivity contribution is -0.122. The van der Waals surface area contributed by atoms with Crippen molar-refractivity contribution in [1.29, 1.82) is 0 Å². The molecule has 0 unspecified atom stereocenters. The van der Waals surface area contributed by atoms with E-state index in [0.717, 1.165) is 43.9 Å². The predicted octanol–water partition coefficient (Wildman–Crippen LogP) is 4.40. The number of nitrogens with zero attached hydrogens (tertiary/aromatic N) is 3. The number of nitrogens with one attached hydrogen (secondary N) is 1. The van der Waals surface area contributed by atoms with Crippen molar-refractivity contribution in [3.8, 4) is 28.4 Å². The van der Waals surface area contributed by atoms with Gasteiger partial charge in [0.25, 0.3) is 0 Å². The molecule has 0 bridgehead atoms. The van der Waals surface area contributed by atoms with Gasteiger partial charge < -0.3 is 24.3 Å². The maximum absolute atomic E-state index is 14.0. The summed E-state index contributed by atoms with van der Waals surface area (Å²) in [5.41, 5.74) is 3.61. The van der Waals surface area contributed by atoms with Gasteiger partial charge in [-0.3, -0.25) is 4.79 Å². The van der Waals surface area contributed by atoms with Gasteiger partial charge in [-0.25, -0.2) is 9.37 Å². The van der Waals surface area contributed by atoms with Gasteiger partial charge in [0.2, 0.25) is 5.91 Å². The molecule has 0 aliphatic heterocycles. The van der Waals surface area contributed by atoms with E-state index >= 15 is 0 Å². The fraction of sp³-hybridized carbons (Fsp3) is 0.429. The lowest BCUT2D eigenvalue weighted by Crippen LogP contribution is -2.33. The standard InChI is InChI=1S/C28H37FN4O3/c1-6-32(15-16-35-4)14-13-21-7-9-22(10-8-21)25-18-33(19-27(34)30-20(2)3)28(31-25)23-11-12-24(29)26(17-23)36-5/h7-12,17-18,20H,6,13-16,19H2,1-5H3,(H,30,34). The van der Waals surface area contributed by atoms with Crippen molar-refractivity contribution in [2.24, 2.45) is 0 Å². The Balaban J connectivity index is 1.85. The number of hydrogen-bond donors (Lipinski definition) is 1. The Morgan fingerprint density at radius 2 is 1.83 bits per heavy atom. The van der Waals surface area contributed by atoms with Crippen LogP contribution >= 0.6 is 0 Å². The lowest BCUT2D eigenvalue weighted by atomic mass is 10.1. The molecule has 0 atom stereocenters. The number of carbonyl (C=O) groups is 1. The number of ether oxygens (including phenoxy) is 2. The van der Waals surface area contributed by atoms with Gasteiger partial charge in [-0.15, -0.1) is 0 Å². The van der Waals surface area contributed by atoms with Gasteiger partial charge in [0.1, 0.15) is 12.4 Å². The molecular weight excluding hydrogens is 459 g/mol. The zero-order valence-corrected chi connectivity index (χ0v) is 21.9. The summed E-state index contributed by atoms with van der Waals surface area (Å²) in [6.07, 6.45) is 2.81. The first-order chi connectivity index (χ1) is 17.3. The molecule has 36 heavy (non-hydrogen) atoms. The molecule has 7 nitrogen and oxygen atoms in total. The zero-order chi connectivity index (χ0) is 26.1. The number of imidazole rings is 1. The van der Waals surface area contributed by atoms with E-state index in [9.17, 15) is 9.18 Å². The van der Waals surface area contributed by atoms with Gasteiger partial charge in [0.05, 0.1) is 19.4 Å². The molecule has 1 amide bonds. The van der Waals surface area contributed by atoms with Gasteiger partial charge in [0, 0.05) is 43.6 Å². The Bertz CT molecular complexity index is 1130. The number of carbonyl (C=O) groups excluding carboxylic acids is 1. The molecule has 2 aromatic carbocycles. The van der Waals surface area contributed by atoms with Gasteiger partial charge in [-0.2, -0.15) is 0 Å². The molecule has 1 N–H and O–H groups in total. The SMILES string of the molecule is CCN(CCOC)CCc1ccc(-c2cn(CC(=O)NC(C)C)c(-c3ccc(F)c(OC)c3)n2)cc1. The molecule has 0 radical (unpaired) electrons. The first-order valence-electron chi connectivity index (χ1n) is 12.4. The average molecular weight is 497 g/mol. The van der Waals surface area contributed by atoms with Gasteiger partial charge in [0.15, 0.2) is 11.6 Å². The second kappa shape index (κ2) is 13.2. The summed E-state index contributed by atoms with van der Waals surface area (Å²) in [5, 5.41) is 2.91. The number of rotatable bonds is 13. The topological polar surface area (TPSA) is 68.6 Å². The van der Waals surface area contributed by atoms with Crippen molar-refractivity contribution >= 4 is 5.91 Å². The summed E-state index contributed by atoms with van der Waals surface area (Å²) in [7, 11) is 3.15. The van der Waals surface area contributed by atoms with Crippen LogP contribution in [-0.2, 0) is 22.5 Å². The van der Waals surface area contributed by atoms with Crippen LogP contribution in [0, 0.1) is 5.82 Å². The van der Waals surface area contributed by atoms with Crippen LogP contribution in [0.3, 0.4) is 0 Å². The molecule has 0 fully saturated rings. The molecule has 1 heterocycles. The third-order valence-corrected chi connectivity index (χ3v) is 5.97. The van der Waals surface area contributed by atoms with E-state index in [-0.39, 0.29) is 24.2 Å². The number of methoxy groups -OCH3 is 2. The molecule has 1 aromatic heterocycles. The van der Waals surface area contributed by atoms with E-state index in [0.29, 0.717) is 11.4 Å². The van der Waals surface area contributed by atoms with Crippen LogP contribution in [0.1, 0.15) is 26.3 Å². The number of halogens is 1. The summed E-state index contributed by atoms with van der Waals surface area (Å²) in [6.45, 7) is 9.70. The highest BCUT2D eigenvalue weighted by Gasteiger charge is 2.16. The first-order valence-corrected chi connectivity index (χ1v) is 12.4. The van der Waals surface area contributed by atoms with Crippen LogP contribution in [0.15, 0.2) is 48.7 Å². The lowest BCUT2D eigenvalue weighted by Gasteiger charge is -2.19. The third kappa shape index (κ3) is 7.38. The van der Waals surface area contributed by atoms with Gasteiger partial charge in [-0.1, -0.05) is 31.2 Å². The Hall–Kier alpha value is -3.23. The fourth-order valence-electron chi connectivity index (χ4n) is 4.00. The summed E-state index contributed by atoms with van der Waals surface area (Å²) >= 11 is 0. The molecule has 0 aliphatic rings. The highest BCUT2D eigenvalue weighted by molar-refractivity contribution is 5.77. The molecule has 0 saturated heterocycles. The number of likely N-dealkylation sites (N-methyl/N-ethyl adjacent to an activating group) is 1. The molecule has 0 spiro atoms. The molecule has 8 heteroatoms. The van der Waals surface area contributed by atoms with Crippen LogP contribution in [0.4, 0.5) is 4.39 Å². The minimum atomic E-state index is -0.448. The van der Waals surface area contributed by atoms with E-state index < -0.39 is 5.82 Å². The largest absolute Gasteiger partial charge is 0.494 e. The second-order valence-corrected chi connectivity index (χ2v) is 9.02. The van der Waals surface area contributed by atoms with E-state index in [2.05, 4.69) is 41.4 Å². The van der Waals surface area contributed by atoms with Crippen molar-refractivity contribution < 1.29 is 18.7 Å². The van der Waals surface area contributed by atoms with Crippen LogP contribution in [0.25, 0.3) is 22.6 Å². The first kappa shape index (κ1) is 27.4. The Kier molecular flexibility index (Phi) is 10.0. The molecule has 3 rings (SSSR count). The van der Waals surface area contributed by atoms with E-state index in [4.69, 9.17) is 14.5 Å². The van der Waals surface area contributed by atoms with E-state index in [1.807, 2.05) is 20.0 Å². The highest BCUT2D eigenvalue weighted by atomic mass is 19.1. The van der Waals surface area contributed by atoms with Crippen LogP contribution in [-0.4, -0.2) is 66.9 Å². The molecule has 194 valence electrons. The third-order valence-electron chi connectivity index (χ3n) is 5.97. The van der Waals surface area contributed by atoms with E-state index in [1.54, 1.807) is 23.8 Å². The van der Waals surface area contributed by atoms with Crippen LogP contribution in [0.5, 0.6) is 5.75 Å². The average Bonchev–Trinajstić information content (AvgIpc) is 3.27. The van der Waals surface area contributed by atoms with Crippen LogP contribution < -0.4 is 10.1 Å².